The lowest BCUT2D eigenvalue weighted by molar-refractivity contribution is -0.117. The molecule has 6 nitrogen and oxygen atoms in total. The molecule has 1 saturated carbocycles. The molecule has 6 heteroatoms. The molecule has 1 heterocycles. The minimum atomic E-state index is -0.179. The van der Waals surface area contributed by atoms with Gasteiger partial charge in [-0.15, -0.1) is 0 Å². The number of rotatable bonds is 5. The Morgan fingerprint density at radius 3 is 2.78 bits per heavy atom. The quantitative estimate of drug-likeness (QED) is 0.886. The topological polar surface area (TPSA) is 76.0 Å². The van der Waals surface area contributed by atoms with E-state index in [0.29, 0.717) is 23.7 Å². The van der Waals surface area contributed by atoms with Crippen LogP contribution in [-0.4, -0.2) is 21.6 Å². The molecule has 2 atom stereocenters. The zero-order valence-electron chi connectivity index (χ0n) is 13.2. The molecule has 0 saturated heterocycles. The van der Waals surface area contributed by atoms with E-state index < -0.39 is 0 Å². The molecule has 0 bridgehead atoms. The summed E-state index contributed by atoms with van der Waals surface area (Å²) in [5.41, 5.74) is 2.10. The van der Waals surface area contributed by atoms with Gasteiger partial charge in [-0.1, -0.05) is 13.0 Å². The summed E-state index contributed by atoms with van der Waals surface area (Å²) in [6.45, 7) is 2.47. The molecule has 0 radical (unpaired) electrons. The normalized spacial score (nSPS) is 19.2. The van der Waals surface area contributed by atoms with Gasteiger partial charge in [0.15, 0.2) is 0 Å². The monoisotopic (exact) mass is 312 g/mol. The zero-order chi connectivity index (χ0) is 16.4. The third-order valence-electron chi connectivity index (χ3n) is 4.19. The first-order valence-corrected chi connectivity index (χ1v) is 7.70. The van der Waals surface area contributed by atoms with Crippen LogP contribution >= 0.6 is 0 Å². The van der Waals surface area contributed by atoms with Crippen LogP contribution in [0.1, 0.15) is 29.4 Å². The van der Waals surface area contributed by atoms with Gasteiger partial charge in [0.1, 0.15) is 0 Å². The third kappa shape index (κ3) is 3.59. The fourth-order valence-corrected chi connectivity index (χ4v) is 2.51. The van der Waals surface area contributed by atoms with Crippen molar-refractivity contribution >= 4 is 17.5 Å². The van der Waals surface area contributed by atoms with Crippen LogP contribution in [0.4, 0.5) is 5.69 Å². The smallest absolute Gasteiger partial charge is 0.251 e. The van der Waals surface area contributed by atoms with Crippen LogP contribution in [0.2, 0.25) is 0 Å². The number of carbonyl (C=O) groups is 2. The SMILES string of the molecule is CC1CC1C(=O)Nc1cccc(C(=O)NCc2ccnn2C)c1. The van der Waals surface area contributed by atoms with Gasteiger partial charge in [0.05, 0.1) is 12.2 Å². The lowest BCUT2D eigenvalue weighted by Gasteiger charge is -2.08. The highest BCUT2D eigenvalue weighted by atomic mass is 16.2. The van der Waals surface area contributed by atoms with Gasteiger partial charge >= 0.3 is 0 Å². The van der Waals surface area contributed by atoms with Crippen LogP contribution in [0.25, 0.3) is 0 Å². The number of hydrogen-bond donors (Lipinski definition) is 2. The first-order chi connectivity index (χ1) is 11.0. The summed E-state index contributed by atoms with van der Waals surface area (Å²) in [4.78, 5) is 24.2. The van der Waals surface area contributed by atoms with Gasteiger partial charge in [-0.3, -0.25) is 14.3 Å². The van der Waals surface area contributed by atoms with E-state index in [1.807, 2.05) is 13.1 Å². The Balaban J connectivity index is 1.61. The second-order valence-electron chi connectivity index (χ2n) is 6.02. The Kier molecular flexibility index (Phi) is 4.14. The molecule has 1 aromatic carbocycles. The Morgan fingerprint density at radius 1 is 1.35 bits per heavy atom. The van der Waals surface area contributed by atoms with Crippen LogP contribution in [0.15, 0.2) is 36.5 Å². The average molecular weight is 312 g/mol. The molecule has 2 N–H and O–H groups in total. The maximum Gasteiger partial charge on any atom is 0.251 e. The molecule has 23 heavy (non-hydrogen) atoms. The molecular formula is C17H20N4O2. The maximum atomic E-state index is 12.2. The van der Waals surface area contributed by atoms with Gasteiger partial charge in [0.2, 0.25) is 5.91 Å². The molecule has 1 aliphatic rings. The third-order valence-corrected chi connectivity index (χ3v) is 4.19. The molecule has 2 amide bonds. The molecule has 2 unspecified atom stereocenters. The van der Waals surface area contributed by atoms with Crippen LogP contribution in [0, 0.1) is 11.8 Å². The van der Waals surface area contributed by atoms with Gasteiger partial charge in [0.25, 0.3) is 5.91 Å². The van der Waals surface area contributed by atoms with Crippen molar-refractivity contribution in [1.82, 2.24) is 15.1 Å². The second-order valence-corrected chi connectivity index (χ2v) is 6.02. The number of nitrogens with one attached hydrogen (secondary N) is 2. The van der Waals surface area contributed by atoms with Gasteiger partial charge in [-0.25, -0.2) is 0 Å². The second kappa shape index (κ2) is 6.24. The van der Waals surface area contributed by atoms with Crippen molar-refractivity contribution in [2.24, 2.45) is 18.9 Å². The van der Waals surface area contributed by atoms with E-state index in [-0.39, 0.29) is 17.7 Å². The summed E-state index contributed by atoms with van der Waals surface area (Å²) in [5.74, 6) is 0.421. The number of carbonyl (C=O) groups excluding carboxylic acids is 2. The fourth-order valence-electron chi connectivity index (χ4n) is 2.51. The number of aromatic nitrogens is 2. The number of aryl methyl sites for hydroxylation is 1. The summed E-state index contributed by atoms with van der Waals surface area (Å²) < 4.78 is 1.72. The van der Waals surface area contributed by atoms with Gasteiger partial charge < -0.3 is 10.6 Å². The van der Waals surface area contributed by atoms with Gasteiger partial charge in [0, 0.05) is 30.4 Å². The molecule has 120 valence electrons. The highest BCUT2D eigenvalue weighted by Gasteiger charge is 2.39. The van der Waals surface area contributed by atoms with Crippen molar-refractivity contribution in [2.45, 2.75) is 19.9 Å². The van der Waals surface area contributed by atoms with Crippen LogP contribution in [-0.2, 0) is 18.4 Å². The van der Waals surface area contributed by atoms with E-state index in [4.69, 9.17) is 0 Å². The Morgan fingerprint density at radius 2 is 2.13 bits per heavy atom. The van der Waals surface area contributed by atoms with E-state index in [0.717, 1.165) is 12.1 Å². The zero-order valence-corrected chi connectivity index (χ0v) is 13.2. The maximum absolute atomic E-state index is 12.2. The minimum Gasteiger partial charge on any atom is -0.346 e. The summed E-state index contributed by atoms with van der Waals surface area (Å²) in [5, 5.41) is 9.79. The lowest BCUT2D eigenvalue weighted by Crippen LogP contribution is -2.24. The molecule has 0 spiro atoms. The minimum absolute atomic E-state index is 0.0324. The molecule has 3 rings (SSSR count). The van der Waals surface area contributed by atoms with Crippen molar-refractivity contribution in [2.75, 3.05) is 5.32 Å². The van der Waals surface area contributed by atoms with Crippen LogP contribution in [0.3, 0.4) is 0 Å². The molecule has 2 aromatic rings. The standard InChI is InChI=1S/C17H20N4O2/c1-11-8-15(11)17(23)20-13-5-3-4-12(9-13)16(22)18-10-14-6-7-19-21(14)2/h3-7,9,11,15H,8,10H2,1-2H3,(H,18,22)(H,20,23). The van der Waals surface area contributed by atoms with Crippen molar-refractivity contribution < 1.29 is 9.59 Å². The summed E-state index contributed by atoms with van der Waals surface area (Å²) in [6, 6.07) is 8.85. The van der Waals surface area contributed by atoms with Crippen molar-refractivity contribution in [3.05, 3.63) is 47.8 Å². The number of benzene rings is 1. The molecular weight excluding hydrogens is 292 g/mol. The highest BCUT2D eigenvalue weighted by Crippen LogP contribution is 2.38. The highest BCUT2D eigenvalue weighted by molar-refractivity contribution is 5.98. The van der Waals surface area contributed by atoms with Crippen molar-refractivity contribution in [3.8, 4) is 0 Å². The number of nitrogens with zero attached hydrogens (tertiary/aromatic N) is 2. The molecule has 1 fully saturated rings. The van der Waals surface area contributed by atoms with E-state index in [2.05, 4.69) is 22.7 Å². The first kappa shape index (κ1) is 15.3. The average Bonchev–Trinajstić information content (AvgIpc) is 3.13. The first-order valence-electron chi connectivity index (χ1n) is 7.70. The number of amides is 2. The Bertz CT molecular complexity index is 738. The Labute approximate surface area is 134 Å². The predicted octanol–water partition coefficient (Wildman–Crippen LogP) is 1.94. The lowest BCUT2D eigenvalue weighted by atomic mass is 10.2. The van der Waals surface area contributed by atoms with E-state index in [9.17, 15) is 9.59 Å². The van der Waals surface area contributed by atoms with Gasteiger partial charge in [-0.2, -0.15) is 5.10 Å². The number of hydrogen-bond acceptors (Lipinski definition) is 3. The molecule has 1 aromatic heterocycles. The van der Waals surface area contributed by atoms with Crippen LogP contribution in [0.5, 0.6) is 0 Å². The summed E-state index contributed by atoms with van der Waals surface area (Å²) in [7, 11) is 1.83. The number of anilines is 1. The predicted molar refractivity (Wildman–Crippen MR) is 86.7 cm³/mol. The van der Waals surface area contributed by atoms with Crippen molar-refractivity contribution in [1.29, 1.82) is 0 Å². The largest absolute Gasteiger partial charge is 0.346 e. The van der Waals surface area contributed by atoms with E-state index >= 15 is 0 Å². The van der Waals surface area contributed by atoms with Gasteiger partial charge in [-0.05, 0) is 36.6 Å². The molecule has 1 aliphatic carbocycles. The summed E-state index contributed by atoms with van der Waals surface area (Å²) >= 11 is 0. The Hall–Kier alpha value is -2.63. The van der Waals surface area contributed by atoms with E-state index in [1.54, 1.807) is 35.1 Å². The summed E-state index contributed by atoms with van der Waals surface area (Å²) in [6.07, 6.45) is 2.63. The van der Waals surface area contributed by atoms with Crippen LogP contribution < -0.4 is 10.6 Å². The molecule has 0 aliphatic heterocycles. The fraction of sp³-hybridized carbons (Fsp3) is 0.353. The van der Waals surface area contributed by atoms with Crippen molar-refractivity contribution in [3.63, 3.8) is 0 Å². The van der Waals surface area contributed by atoms with E-state index in [1.165, 1.54) is 0 Å².